The van der Waals surface area contributed by atoms with E-state index in [2.05, 4.69) is 16.2 Å². The van der Waals surface area contributed by atoms with Gasteiger partial charge in [0.2, 0.25) is 11.8 Å². The number of likely N-dealkylation sites (tertiary alicyclic amines) is 1. The van der Waals surface area contributed by atoms with E-state index in [1.165, 1.54) is 12.8 Å². The lowest BCUT2D eigenvalue weighted by Gasteiger charge is -2.32. The van der Waals surface area contributed by atoms with Gasteiger partial charge in [-0.05, 0) is 37.0 Å². The van der Waals surface area contributed by atoms with Gasteiger partial charge in [-0.1, -0.05) is 25.0 Å². The second-order valence-electron chi connectivity index (χ2n) is 7.94. The molecule has 4 atom stereocenters. The third-order valence-corrected chi connectivity index (χ3v) is 6.16. The Balaban J connectivity index is 1.28. The molecule has 4 N–H and O–H groups in total. The normalized spacial score (nSPS) is 30.4. The van der Waals surface area contributed by atoms with Crippen LogP contribution in [0.3, 0.4) is 0 Å². The predicted octanol–water partition coefficient (Wildman–Crippen LogP) is 0.892. The minimum absolute atomic E-state index is 0.0117. The summed E-state index contributed by atoms with van der Waals surface area (Å²) in [6.45, 7) is 1.02. The van der Waals surface area contributed by atoms with Crippen LogP contribution in [-0.4, -0.2) is 47.1 Å². The Morgan fingerprint density at radius 1 is 1.19 bits per heavy atom. The van der Waals surface area contributed by atoms with E-state index in [1.54, 1.807) is 12.1 Å². The molecular formula is C20H28N4O3. The summed E-state index contributed by atoms with van der Waals surface area (Å²) in [7, 11) is 0. The van der Waals surface area contributed by atoms with Gasteiger partial charge in [0, 0.05) is 31.5 Å². The second kappa shape index (κ2) is 7.86. The Morgan fingerprint density at radius 2 is 1.96 bits per heavy atom. The Morgan fingerprint density at radius 3 is 2.78 bits per heavy atom. The van der Waals surface area contributed by atoms with Crippen LogP contribution in [0.5, 0.6) is 5.75 Å². The third kappa shape index (κ3) is 3.94. The molecule has 2 heterocycles. The molecule has 0 radical (unpaired) electrons. The van der Waals surface area contributed by atoms with Crippen molar-refractivity contribution in [2.24, 2.45) is 11.8 Å². The van der Waals surface area contributed by atoms with Crippen LogP contribution in [-0.2, 0) is 16.0 Å². The molecule has 7 nitrogen and oxygen atoms in total. The largest absolute Gasteiger partial charge is 0.508 e. The van der Waals surface area contributed by atoms with Crippen molar-refractivity contribution >= 4 is 11.8 Å². The molecule has 3 aliphatic rings. The van der Waals surface area contributed by atoms with E-state index in [-0.39, 0.29) is 29.6 Å². The predicted molar refractivity (Wildman–Crippen MR) is 100 cm³/mol. The van der Waals surface area contributed by atoms with Gasteiger partial charge < -0.3 is 15.3 Å². The van der Waals surface area contributed by atoms with Crippen LogP contribution < -0.4 is 16.2 Å². The zero-order valence-corrected chi connectivity index (χ0v) is 15.5. The van der Waals surface area contributed by atoms with Crippen molar-refractivity contribution in [1.29, 1.82) is 0 Å². The molecule has 2 amide bonds. The number of phenolic OH excluding ortho intramolecular Hbond substituents is 1. The highest BCUT2D eigenvalue weighted by Gasteiger charge is 2.46. The van der Waals surface area contributed by atoms with Crippen molar-refractivity contribution in [3.8, 4) is 5.75 Å². The summed E-state index contributed by atoms with van der Waals surface area (Å²) in [4.78, 5) is 26.9. The van der Waals surface area contributed by atoms with Crippen molar-refractivity contribution in [3.63, 3.8) is 0 Å². The summed E-state index contributed by atoms with van der Waals surface area (Å²) in [5.74, 6) is 0.429. The van der Waals surface area contributed by atoms with Gasteiger partial charge in [-0.15, -0.1) is 0 Å². The molecule has 1 saturated carbocycles. The number of aromatic hydroxyl groups is 1. The maximum Gasteiger partial charge on any atom is 0.225 e. The summed E-state index contributed by atoms with van der Waals surface area (Å²) in [5, 5.41) is 12.3. The molecule has 4 rings (SSSR count). The van der Waals surface area contributed by atoms with Crippen LogP contribution in [0.25, 0.3) is 0 Å². The van der Waals surface area contributed by atoms with E-state index in [1.807, 2.05) is 17.0 Å². The number of fused-ring (bicyclic) bond motifs is 1. The fraction of sp³-hybridized carbons (Fsp3) is 0.600. The number of carbonyl (C=O) groups excluding carboxylic acids is 2. The number of rotatable bonds is 5. The number of nitrogens with zero attached hydrogens (tertiary/aromatic N) is 1. The fourth-order valence-corrected chi connectivity index (χ4v) is 4.64. The molecule has 4 unspecified atom stereocenters. The van der Waals surface area contributed by atoms with E-state index >= 15 is 0 Å². The summed E-state index contributed by atoms with van der Waals surface area (Å²) in [6, 6.07) is 7.43. The van der Waals surface area contributed by atoms with Gasteiger partial charge in [0.15, 0.2) is 0 Å². The van der Waals surface area contributed by atoms with Gasteiger partial charge in [0.1, 0.15) is 5.75 Å². The first kappa shape index (κ1) is 18.3. The van der Waals surface area contributed by atoms with E-state index in [0.29, 0.717) is 37.9 Å². The van der Waals surface area contributed by atoms with Gasteiger partial charge in [0.05, 0.1) is 12.1 Å². The Labute approximate surface area is 159 Å². The summed E-state index contributed by atoms with van der Waals surface area (Å²) >= 11 is 0. The number of hydrogen-bond donors (Lipinski definition) is 4. The first-order valence-electron chi connectivity index (χ1n) is 9.98. The van der Waals surface area contributed by atoms with Gasteiger partial charge in [-0.25, -0.2) is 5.43 Å². The zero-order valence-electron chi connectivity index (χ0n) is 15.5. The zero-order chi connectivity index (χ0) is 18.8. The van der Waals surface area contributed by atoms with Gasteiger partial charge in [-0.3, -0.25) is 15.0 Å². The quantitative estimate of drug-likeness (QED) is 0.616. The van der Waals surface area contributed by atoms with Crippen LogP contribution in [0, 0.1) is 11.8 Å². The highest BCUT2D eigenvalue weighted by atomic mass is 16.3. The van der Waals surface area contributed by atoms with Crippen molar-refractivity contribution in [2.45, 2.75) is 50.7 Å². The second-order valence-corrected chi connectivity index (χ2v) is 7.94. The Hall–Kier alpha value is -2.12. The molecule has 146 valence electrons. The molecule has 1 aromatic rings. The fourth-order valence-electron chi connectivity index (χ4n) is 4.64. The third-order valence-electron chi connectivity index (χ3n) is 6.16. The van der Waals surface area contributed by atoms with Crippen molar-refractivity contribution in [1.82, 2.24) is 21.1 Å². The summed E-state index contributed by atoms with van der Waals surface area (Å²) < 4.78 is 0. The smallest absolute Gasteiger partial charge is 0.225 e. The van der Waals surface area contributed by atoms with Gasteiger partial charge >= 0.3 is 0 Å². The summed E-state index contributed by atoms with van der Waals surface area (Å²) in [6.07, 6.45) is 5.74. The van der Waals surface area contributed by atoms with E-state index in [9.17, 15) is 14.7 Å². The van der Waals surface area contributed by atoms with Gasteiger partial charge in [0.25, 0.3) is 0 Å². The molecule has 1 aromatic carbocycles. The van der Waals surface area contributed by atoms with Crippen molar-refractivity contribution in [2.75, 3.05) is 13.1 Å². The van der Waals surface area contributed by atoms with Crippen LogP contribution >= 0.6 is 0 Å². The maximum atomic E-state index is 12.5. The highest BCUT2D eigenvalue weighted by Crippen LogP contribution is 2.34. The first-order valence-corrected chi connectivity index (χ1v) is 9.98. The first-order chi connectivity index (χ1) is 13.1. The number of amides is 2. The number of hydrogen-bond acceptors (Lipinski definition) is 5. The number of nitrogens with one attached hydrogen (secondary N) is 3. The maximum absolute atomic E-state index is 12.5. The number of hydrazine groups is 1. The minimum atomic E-state index is -0.276. The molecule has 2 aliphatic heterocycles. The molecule has 2 saturated heterocycles. The molecule has 0 spiro atoms. The van der Waals surface area contributed by atoms with Crippen molar-refractivity contribution < 1.29 is 14.7 Å². The van der Waals surface area contributed by atoms with Crippen LogP contribution in [0.4, 0.5) is 0 Å². The lowest BCUT2D eigenvalue weighted by atomic mass is 9.84. The number of benzene rings is 1. The SMILES string of the molecule is O=C(NCCc1ccc(O)cc1)C1CC(=O)N(C2NNC3CCCCC32)C1. The molecule has 1 aliphatic carbocycles. The average Bonchev–Trinajstić information content (AvgIpc) is 3.26. The monoisotopic (exact) mass is 372 g/mol. The lowest BCUT2D eigenvalue weighted by Crippen LogP contribution is -2.48. The highest BCUT2D eigenvalue weighted by molar-refractivity contribution is 5.89. The van der Waals surface area contributed by atoms with Gasteiger partial charge in [-0.2, -0.15) is 0 Å². The molecule has 0 bridgehead atoms. The summed E-state index contributed by atoms with van der Waals surface area (Å²) in [5.41, 5.74) is 7.70. The molecule has 7 heteroatoms. The van der Waals surface area contributed by atoms with E-state index in [4.69, 9.17) is 0 Å². The molecule has 27 heavy (non-hydrogen) atoms. The standard InChI is InChI=1S/C20H28N4O3/c25-15-7-5-13(6-8-15)9-10-21-20(27)14-11-18(26)24(12-14)19-16-3-1-2-4-17(16)22-23-19/h5-8,14,16-17,19,22-23,25H,1-4,9-12H2,(H,21,27). The minimum Gasteiger partial charge on any atom is -0.508 e. The molecule has 3 fully saturated rings. The number of carbonyl (C=O) groups is 2. The van der Waals surface area contributed by atoms with Crippen molar-refractivity contribution in [3.05, 3.63) is 29.8 Å². The lowest BCUT2D eigenvalue weighted by molar-refractivity contribution is -0.131. The van der Waals surface area contributed by atoms with Crippen LogP contribution in [0.1, 0.15) is 37.7 Å². The molecule has 0 aromatic heterocycles. The Bertz CT molecular complexity index is 693. The van der Waals surface area contributed by atoms with E-state index < -0.39 is 0 Å². The topological polar surface area (TPSA) is 93.7 Å². The van der Waals surface area contributed by atoms with Crippen LogP contribution in [0.2, 0.25) is 0 Å². The van der Waals surface area contributed by atoms with E-state index in [0.717, 1.165) is 18.4 Å². The average molecular weight is 372 g/mol. The van der Waals surface area contributed by atoms with Crippen LogP contribution in [0.15, 0.2) is 24.3 Å². The molecular weight excluding hydrogens is 344 g/mol. The Kier molecular flexibility index (Phi) is 5.31. The number of phenols is 1.